The number of hydrogen-bond donors (Lipinski definition) is 1. The van der Waals surface area contributed by atoms with Gasteiger partial charge in [0.25, 0.3) is 5.91 Å². The van der Waals surface area contributed by atoms with Crippen LogP contribution in [0.4, 0.5) is 14.9 Å². The third-order valence-corrected chi connectivity index (χ3v) is 6.07. The highest BCUT2D eigenvalue weighted by Crippen LogP contribution is 2.54. The Bertz CT molecular complexity index is 1020. The maximum Gasteiger partial charge on any atom is 0.414 e. The van der Waals surface area contributed by atoms with Crippen molar-refractivity contribution in [2.75, 3.05) is 11.4 Å². The lowest BCUT2D eigenvalue weighted by atomic mass is 9.97. The van der Waals surface area contributed by atoms with E-state index in [1.165, 1.54) is 24.3 Å². The second-order valence-electron chi connectivity index (χ2n) is 8.98. The molecule has 0 unspecified atom stereocenters. The number of benzene rings is 1. The number of nitrogens with one attached hydrogen (secondary N) is 1. The lowest BCUT2D eigenvalue weighted by Crippen LogP contribution is -2.42. The molecule has 5 rings (SSSR count). The normalized spacial score (nSPS) is 22.0. The smallest absolute Gasteiger partial charge is 0.414 e. The molecular formula is C23H24FN3O3. The Morgan fingerprint density at radius 1 is 1.17 bits per heavy atom. The van der Waals surface area contributed by atoms with Crippen molar-refractivity contribution in [3.63, 3.8) is 0 Å². The highest BCUT2D eigenvalue weighted by atomic mass is 19.1. The molecule has 6 nitrogen and oxygen atoms in total. The van der Waals surface area contributed by atoms with Crippen LogP contribution in [0.5, 0.6) is 0 Å². The summed E-state index contributed by atoms with van der Waals surface area (Å²) in [5, 5.41) is 2.98. The van der Waals surface area contributed by atoms with Crippen molar-refractivity contribution < 1.29 is 18.7 Å². The third kappa shape index (κ3) is 3.53. The Kier molecular flexibility index (Phi) is 4.31. The van der Waals surface area contributed by atoms with Crippen LogP contribution in [0.1, 0.15) is 60.8 Å². The van der Waals surface area contributed by atoms with Crippen molar-refractivity contribution in [3.8, 4) is 0 Å². The number of rotatable bonds is 4. The average molecular weight is 409 g/mol. The number of hydrogen-bond acceptors (Lipinski definition) is 4. The zero-order chi connectivity index (χ0) is 21.0. The van der Waals surface area contributed by atoms with Crippen molar-refractivity contribution in [3.05, 3.63) is 59.2 Å². The summed E-state index contributed by atoms with van der Waals surface area (Å²) >= 11 is 0. The van der Waals surface area contributed by atoms with Crippen LogP contribution in [0, 0.1) is 11.7 Å². The number of carbonyl (C=O) groups excluding carboxylic acids is 2. The molecule has 2 aromatic rings. The molecule has 156 valence electrons. The van der Waals surface area contributed by atoms with E-state index in [2.05, 4.69) is 5.32 Å². The molecule has 2 fully saturated rings. The molecule has 0 bridgehead atoms. The maximum absolute atomic E-state index is 13.1. The minimum atomic E-state index is -0.734. The summed E-state index contributed by atoms with van der Waals surface area (Å²) in [6.07, 6.45) is 2.67. The number of amides is 2. The molecule has 1 N–H and O–H groups in total. The van der Waals surface area contributed by atoms with E-state index in [0.717, 1.165) is 36.3 Å². The predicted molar refractivity (Wildman–Crippen MR) is 109 cm³/mol. The minimum absolute atomic E-state index is 0.0608. The molecular weight excluding hydrogens is 385 g/mol. The summed E-state index contributed by atoms with van der Waals surface area (Å²) in [6, 6.07) is 9.21. The number of anilines is 1. The van der Waals surface area contributed by atoms with Gasteiger partial charge in [-0.25, -0.2) is 9.18 Å². The van der Waals surface area contributed by atoms with Crippen LogP contribution in [0.2, 0.25) is 0 Å². The van der Waals surface area contributed by atoms with E-state index in [4.69, 9.17) is 9.72 Å². The zero-order valence-electron chi connectivity index (χ0n) is 17.0. The van der Waals surface area contributed by atoms with Gasteiger partial charge in [-0.1, -0.05) is 0 Å². The van der Waals surface area contributed by atoms with Crippen molar-refractivity contribution in [2.24, 2.45) is 5.92 Å². The number of carbonyl (C=O) groups is 2. The second-order valence-corrected chi connectivity index (χ2v) is 8.98. The van der Waals surface area contributed by atoms with Crippen LogP contribution in [-0.2, 0) is 10.3 Å². The molecule has 2 aliphatic carbocycles. The maximum atomic E-state index is 13.1. The number of halogens is 1. The van der Waals surface area contributed by atoms with Crippen molar-refractivity contribution in [2.45, 2.75) is 50.7 Å². The fourth-order valence-corrected chi connectivity index (χ4v) is 4.02. The Morgan fingerprint density at radius 3 is 2.60 bits per heavy atom. The van der Waals surface area contributed by atoms with E-state index in [9.17, 15) is 14.0 Å². The highest BCUT2D eigenvalue weighted by Gasteiger charge is 2.49. The lowest BCUT2D eigenvalue weighted by Gasteiger charge is -2.31. The fourth-order valence-electron chi connectivity index (χ4n) is 4.02. The van der Waals surface area contributed by atoms with Gasteiger partial charge in [0.05, 0.1) is 22.6 Å². The van der Waals surface area contributed by atoms with Gasteiger partial charge in [0.2, 0.25) is 0 Å². The van der Waals surface area contributed by atoms with Gasteiger partial charge < -0.3 is 10.1 Å². The Labute approximate surface area is 174 Å². The van der Waals surface area contributed by atoms with E-state index < -0.39 is 5.54 Å². The quantitative estimate of drug-likeness (QED) is 0.825. The molecule has 0 radical (unpaired) electrons. The number of aromatic nitrogens is 1. The fraction of sp³-hybridized carbons (Fsp3) is 0.435. The summed E-state index contributed by atoms with van der Waals surface area (Å²) in [6.45, 7) is 4.44. The lowest BCUT2D eigenvalue weighted by molar-refractivity contribution is 0.0910. The van der Waals surface area contributed by atoms with Crippen molar-refractivity contribution >= 4 is 17.7 Å². The van der Waals surface area contributed by atoms with Gasteiger partial charge >= 0.3 is 6.09 Å². The van der Waals surface area contributed by atoms with Gasteiger partial charge in [-0.3, -0.25) is 14.7 Å². The number of ether oxygens (including phenoxy) is 1. The average Bonchev–Trinajstić information content (AvgIpc) is 3.62. The van der Waals surface area contributed by atoms with Crippen molar-refractivity contribution in [1.82, 2.24) is 10.3 Å². The molecule has 2 atom stereocenters. The highest BCUT2D eigenvalue weighted by molar-refractivity contribution is 5.94. The SMILES string of the molecule is CC(C)(NC(=O)c1ccc(F)cc1)c1ccc2c(n1)[C@@H]1C[C@@H]1CN2C(=O)OC1CC1. The first-order valence-corrected chi connectivity index (χ1v) is 10.4. The molecule has 1 aromatic heterocycles. The van der Waals surface area contributed by atoms with Gasteiger partial charge in [-0.2, -0.15) is 0 Å². The van der Waals surface area contributed by atoms with Gasteiger partial charge in [-0.15, -0.1) is 0 Å². The molecule has 2 amide bonds. The topological polar surface area (TPSA) is 71.5 Å². The molecule has 7 heteroatoms. The van der Waals surface area contributed by atoms with Crippen LogP contribution < -0.4 is 10.2 Å². The van der Waals surface area contributed by atoms with Crippen LogP contribution in [-0.4, -0.2) is 29.6 Å². The molecule has 30 heavy (non-hydrogen) atoms. The zero-order valence-corrected chi connectivity index (χ0v) is 17.0. The predicted octanol–water partition coefficient (Wildman–Crippen LogP) is 4.11. The number of nitrogens with zero attached hydrogens (tertiary/aromatic N) is 2. The van der Waals surface area contributed by atoms with Crippen molar-refractivity contribution in [1.29, 1.82) is 0 Å². The molecule has 2 saturated carbocycles. The molecule has 0 spiro atoms. The molecule has 3 aliphatic rings. The number of pyridine rings is 1. The summed E-state index contributed by atoms with van der Waals surface area (Å²) in [7, 11) is 0. The first-order chi connectivity index (χ1) is 14.3. The van der Waals surface area contributed by atoms with Crippen LogP contribution >= 0.6 is 0 Å². The summed E-state index contributed by atoms with van der Waals surface area (Å²) in [4.78, 5) is 31.8. The van der Waals surface area contributed by atoms with Gasteiger partial charge in [-0.05, 0) is 75.4 Å². The Morgan fingerprint density at radius 2 is 1.90 bits per heavy atom. The van der Waals surface area contributed by atoms with Gasteiger partial charge in [0, 0.05) is 18.0 Å². The van der Waals surface area contributed by atoms with Crippen LogP contribution in [0.25, 0.3) is 0 Å². The van der Waals surface area contributed by atoms with E-state index in [0.29, 0.717) is 23.9 Å². The first kappa shape index (κ1) is 19.0. The standard InChI is InChI=1S/C23H24FN3O3/c1-23(2,26-21(28)13-3-5-15(24)6-4-13)19-10-9-18-20(25-19)17-11-14(17)12-27(18)22(29)30-16-7-8-16/h3-6,9-10,14,16-17H,7-8,11-12H2,1-2H3,(H,26,28)/t14-,17-/m1/s1. The second kappa shape index (κ2) is 6.79. The minimum Gasteiger partial charge on any atom is -0.446 e. The van der Waals surface area contributed by atoms with Crippen LogP contribution in [0.3, 0.4) is 0 Å². The van der Waals surface area contributed by atoms with Gasteiger partial charge in [0.1, 0.15) is 11.9 Å². The Hall–Kier alpha value is -2.96. The van der Waals surface area contributed by atoms with E-state index >= 15 is 0 Å². The van der Waals surface area contributed by atoms with Crippen LogP contribution in [0.15, 0.2) is 36.4 Å². The molecule has 1 aromatic carbocycles. The molecule has 2 heterocycles. The molecule has 1 aliphatic heterocycles. The van der Waals surface area contributed by atoms with E-state index in [1.807, 2.05) is 26.0 Å². The molecule has 0 saturated heterocycles. The summed E-state index contributed by atoms with van der Waals surface area (Å²) in [5.74, 6) is 0.0989. The first-order valence-electron chi connectivity index (χ1n) is 10.4. The monoisotopic (exact) mass is 409 g/mol. The summed E-state index contributed by atoms with van der Waals surface area (Å²) < 4.78 is 18.6. The van der Waals surface area contributed by atoms with E-state index in [-0.39, 0.29) is 23.9 Å². The van der Waals surface area contributed by atoms with Gasteiger partial charge in [0.15, 0.2) is 0 Å². The largest absolute Gasteiger partial charge is 0.446 e. The summed E-state index contributed by atoms with van der Waals surface area (Å²) in [5.41, 5.74) is 2.09. The Balaban J connectivity index is 1.38. The third-order valence-electron chi connectivity index (χ3n) is 6.07. The number of fused-ring (bicyclic) bond motifs is 3. The van der Waals surface area contributed by atoms with E-state index in [1.54, 1.807) is 4.90 Å².